The fourth-order valence-electron chi connectivity index (χ4n) is 3.56. The van der Waals surface area contributed by atoms with E-state index < -0.39 is 5.82 Å². The minimum absolute atomic E-state index is 0.0140. The lowest BCUT2D eigenvalue weighted by Gasteiger charge is -2.32. The molecule has 0 N–H and O–H groups in total. The molecular weight excluding hydrogens is 387 g/mol. The second-order valence-corrected chi connectivity index (χ2v) is 7.69. The summed E-state index contributed by atoms with van der Waals surface area (Å²) < 4.78 is 24.8. The molecule has 0 bridgehead atoms. The van der Waals surface area contributed by atoms with Crippen LogP contribution in [0.4, 0.5) is 4.39 Å². The van der Waals surface area contributed by atoms with E-state index in [-0.39, 0.29) is 36.1 Å². The van der Waals surface area contributed by atoms with Crippen LogP contribution in [0.5, 0.6) is 0 Å². The van der Waals surface area contributed by atoms with Crippen molar-refractivity contribution in [2.75, 3.05) is 19.7 Å². The molecule has 3 rings (SSSR count). The van der Waals surface area contributed by atoms with Crippen LogP contribution in [0.2, 0.25) is 0 Å². The number of rotatable bonds is 9. The number of nitrogens with zero attached hydrogens (tertiary/aromatic N) is 2. The number of halogens is 1. The van der Waals surface area contributed by atoms with Crippen molar-refractivity contribution in [3.8, 4) is 0 Å². The maximum absolute atomic E-state index is 13.6. The first-order valence-electron chi connectivity index (χ1n) is 10.5. The maximum atomic E-state index is 13.6. The third kappa shape index (κ3) is 5.69. The summed E-state index contributed by atoms with van der Waals surface area (Å²) in [5, 5.41) is 0. The molecule has 162 valence electrons. The molecule has 2 atom stereocenters. The molecule has 30 heavy (non-hydrogen) atoms. The molecule has 0 aliphatic carbocycles. The highest BCUT2D eigenvalue weighted by molar-refractivity contribution is 5.96. The van der Waals surface area contributed by atoms with Crippen molar-refractivity contribution in [2.24, 2.45) is 0 Å². The summed E-state index contributed by atoms with van der Waals surface area (Å²) >= 11 is 0. The molecule has 0 spiro atoms. The highest BCUT2D eigenvalue weighted by Crippen LogP contribution is 2.18. The van der Waals surface area contributed by atoms with Crippen molar-refractivity contribution < 1.29 is 23.1 Å². The van der Waals surface area contributed by atoms with E-state index in [1.165, 1.54) is 23.1 Å². The number of hydrogen-bond donors (Lipinski definition) is 0. The van der Waals surface area contributed by atoms with Gasteiger partial charge in [0.25, 0.3) is 5.91 Å². The number of ether oxygens (including phenoxy) is 1. The van der Waals surface area contributed by atoms with Crippen LogP contribution in [-0.2, 0) is 16.1 Å². The van der Waals surface area contributed by atoms with E-state index in [0.717, 1.165) is 12.8 Å². The van der Waals surface area contributed by atoms with Gasteiger partial charge < -0.3 is 19.0 Å². The number of carbonyl (C=O) groups excluding carboxylic acids is 2. The Balaban J connectivity index is 1.77. The summed E-state index contributed by atoms with van der Waals surface area (Å²) in [5.41, 5.74) is 0.236. The quantitative estimate of drug-likeness (QED) is 0.623. The molecule has 0 radical (unpaired) electrons. The second-order valence-electron chi connectivity index (χ2n) is 7.69. The Hall–Kier alpha value is -2.67. The summed E-state index contributed by atoms with van der Waals surface area (Å²) in [6.45, 7) is 5.22. The van der Waals surface area contributed by atoms with Gasteiger partial charge in [-0.05, 0) is 56.5 Å². The average molecular weight is 416 g/mol. The zero-order chi connectivity index (χ0) is 21.5. The SMILES string of the molecule is CC[C@H](C)N(CC(=O)N(Cc1ccco1)C[C@@H]1CCCO1)C(=O)c1cccc(F)c1. The van der Waals surface area contributed by atoms with E-state index in [9.17, 15) is 14.0 Å². The van der Waals surface area contributed by atoms with E-state index >= 15 is 0 Å². The molecule has 0 unspecified atom stereocenters. The third-order valence-electron chi connectivity index (χ3n) is 5.49. The number of amides is 2. The van der Waals surface area contributed by atoms with Crippen LogP contribution >= 0.6 is 0 Å². The molecule has 0 saturated carbocycles. The van der Waals surface area contributed by atoms with Crippen molar-refractivity contribution in [2.45, 2.75) is 51.8 Å². The van der Waals surface area contributed by atoms with Gasteiger partial charge in [0, 0.05) is 24.8 Å². The van der Waals surface area contributed by atoms with Gasteiger partial charge in [0.1, 0.15) is 18.1 Å². The molecule has 2 aromatic rings. The first-order chi connectivity index (χ1) is 14.5. The van der Waals surface area contributed by atoms with Crippen LogP contribution in [-0.4, -0.2) is 53.5 Å². The van der Waals surface area contributed by atoms with Crippen molar-refractivity contribution in [1.82, 2.24) is 9.80 Å². The maximum Gasteiger partial charge on any atom is 0.254 e. The molecule has 1 saturated heterocycles. The van der Waals surface area contributed by atoms with Crippen molar-refractivity contribution in [3.05, 3.63) is 59.8 Å². The Labute approximate surface area is 176 Å². The molecule has 7 heteroatoms. The molecule has 1 aliphatic heterocycles. The zero-order valence-electron chi connectivity index (χ0n) is 17.6. The Morgan fingerprint density at radius 2 is 2.10 bits per heavy atom. The van der Waals surface area contributed by atoms with Crippen LogP contribution in [0.1, 0.15) is 49.2 Å². The minimum Gasteiger partial charge on any atom is -0.467 e. The van der Waals surface area contributed by atoms with Crippen molar-refractivity contribution >= 4 is 11.8 Å². The third-order valence-corrected chi connectivity index (χ3v) is 5.49. The molecule has 1 aromatic heterocycles. The predicted octanol–water partition coefficient (Wildman–Crippen LogP) is 3.87. The number of furan rings is 1. The Kier molecular flexibility index (Phi) is 7.63. The first-order valence-corrected chi connectivity index (χ1v) is 10.5. The van der Waals surface area contributed by atoms with E-state index in [1.54, 1.807) is 23.3 Å². The van der Waals surface area contributed by atoms with Gasteiger partial charge in [0.2, 0.25) is 5.91 Å². The monoisotopic (exact) mass is 416 g/mol. The van der Waals surface area contributed by atoms with Crippen LogP contribution in [0.15, 0.2) is 47.1 Å². The number of hydrogen-bond acceptors (Lipinski definition) is 4. The van der Waals surface area contributed by atoms with Gasteiger partial charge in [-0.2, -0.15) is 0 Å². The van der Waals surface area contributed by atoms with Gasteiger partial charge in [-0.3, -0.25) is 9.59 Å². The summed E-state index contributed by atoms with van der Waals surface area (Å²) in [4.78, 5) is 29.5. The standard InChI is InChI=1S/C23H29FN2O4/c1-3-17(2)26(23(28)18-7-4-8-19(24)13-18)16-22(27)25(14-20-9-5-11-29-20)15-21-10-6-12-30-21/h4-5,7-9,11,13,17,21H,3,6,10,12,14-16H2,1-2H3/t17-,21-/m0/s1. The van der Waals surface area contributed by atoms with Crippen LogP contribution in [0.3, 0.4) is 0 Å². The highest BCUT2D eigenvalue weighted by Gasteiger charge is 2.28. The predicted molar refractivity (Wildman–Crippen MR) is 110 cm³/mol. The molecular formula is C23H29FN2O4. The average Bonchev–Trinajstić information content (AvgIpc) is 3.44. The Morgan fingerprint density at radius 3 is 2.73 bits per heavy atom. The van der Waals surface area contributed by atoms with Gasteiger partial charge in [-0.25, -0.2) is 4.39 Å². The van der Waals surface area contributed by atoms with E-state index in [1.807, 2.05) is 19.9 Å². The topological polar surface area (TPSA) is 63.0 Å². The van der Waals surface area contributed by atoms with Crippen molar-refractivity contribution in [3.63, 3.8) is 0 Å². The fourth-order valence-corrected chi connectivity index (χ4v) is 3.56. The smallest absolute Gasteiger partial charge is 0.254 e. The fraction of sp³-hybridized carbons (Fsp3) is 0.478. The lowest BCUT2D eigenvalue weighted by molar-refractivity contribution is -0.134. The van der Waals surface area contributed by atoms with Gasteiger partial charge in [-0.15, -0.1) is 0 Å². The molecule has 1 fully saturated rings. The summed E-state index contributed by atoms with van der Waals surface area (Å²) in [6.07, 6.45) is 4.12. The summed E-state index contributed by atoms with van der Waals surface area (Å²) in [5.74, 6) is -0.346. The van der Waals surface area contributed by atoms with Gasteiger partial charge in [0.15, 0.2) is 0 Å². The Morgan fingerprint density at radius 1 is 1.27 bits per heavy atom. The van der Waals surface area contributed by atoms with E-state index in [0.29, 0.717) is 31.9 Å². The molecule has 1 aliphatic rings. The highest BCUT2D eigenvalue weighted by atomic mass is 19.1. The second kappa shape index (κ2) is 10.4. The lowest BCUT2D eigenvalue weighted by Crippen LogP contribution is -2.47. The minimum atomic E-state index is -0.478. The van der Waals surface area contributed by atoms with E-state index in [2.05, 4.69) is 0 Å². The largest absolute Gasteiger partial charge is 0.467 e. The molecule has 1 aromatic carbocycles. The zero-order valence-corrected chi connectivity index (χ0v) is 17.6. The van der Waals surface area contributed by atoms with Crippen LogP contribution in [0.25, 0.3) is 0 Å². The molecule has 6 nitrogen and oxygen atoms in total. The number of carbonyl (C=O) groups is 2. The van der Waals surface area contributed by atoms with Gasteiger partial charge in [0.05, 0.1) is 18.9 Å². The molecule has 2 heterocycles. The van der Waals surface area contributed by atoms with Gasteiger partial charge >= 0.3 is 0 Å². The number of benzene rings is 1. The van der Waals surface area contributed by atoms with Crippen molar-refractivity contribution in [1.29, 1.82) is 0 Å². The van der Waals surface area contributed by atoms with Crippen LogP contribution in [0, 0.1) is 5.82 Å². The normalized spacial score (nSPS) is 17.0. The molecule has 2 amide bonds. The lowest BCUT2D eigenvalue weighted by atomic mass is 10.1. The van der Waals surface area contributed by atoms with E-state index in [4.69, 9.17) is 9.15 Å². The summed E-state index contributed by atoms with van der Waals surface area (Å²) in [6, 6.07) is 9.00. The van der Waals surface area contributed by atoms with Gasteiger partial charge in [-0.1, -0.05) is 13.0 Å². The first kappa shape index (κ1) is 22.0. The Bertz CT molecular complexity index is 833. The van der Waals surface area contributed by atoms with Crippen LogP contribution < -0.4 is 0 Å². The summed E-state index contributed by atoms with van der Waals surface area (Å²) in [7, 11) is 0.